The van der Waals surface area contributed by atoms with Crippen LogP contribution in [0.2, 0.25) is 0 Å². The molecule has 0 radical (unpaired) electrons. The molecule has 0 aromatic carbocycles. The average molecular weight is 253 g/mol. The largest absolute Gasteiger partial charge is 0.405 e. The third-order valence-electron chi connectivity index (χ3n) is 3.51. The molecule has 17 heavy (non-hydrogen) atoms. The van der Waals surface area contributed by atoms with Crippen LogP contribution in [0.25, 0.3) is 0 Å². The van der Waals surface area contributed by atoms with Gasteiger partial charge in [-0.15, -0.1) is 0 Å². The maximum absolute atomic E-state index is 12.9. The van der Waals surface area contributed by atoms with Crippen LogP contribution in [0.1, 0.15) is 20.3 Å². The fraction of sp³-hybridized carbons (Fsp3) is 1.00. The number of likely N-dealkylation sites (N-methyl/N-ethyl adjacent to an activating group) is 1. The van der Waals surface area contributed by atoms with E-state index in [0.29, 0.717) is 19.6 Å². The first-order chi connectivity index (χ1) is 7.77. The van der Waals surface area contributed by atoms with E-state index >= 15 is 0 Å². The summed E-state index contributed by atoms with van der Waals surface area (Å²) >= 11 is 0. The van der Waals surface area contributed by atoms with E-state index in [4.69, 9.17) is 5.73 Å². The Morgan fingerprint density at radius 3 is 2.35 bits per heavy atom. The Kier molecular flexibility index (Phi) is 4.80. The van der Waals surface area contributed by atoms with Crippen LogP contribution in [-0.2, 0) is 0 Å². The van der Waals surface area contributed by atoms with Gasteiger partial charge in [0.05, 0.1) is 0 Å². The van der Waals surface area contributed by atoms with Gasteiger partial charge in [-0.05, 0) is 20.4 Å². The lowest BCUT2D eigenvalue weighted by Crippen LogP contribution is -2.62. The molecule has 1 heterocycles. The number of nitrogens with two attached hydrogens (primary N) is 1. The summed E-state index contributed by atoms with van der Waals surface area (Å²) in [6.07, 6.45) is -3.39. The number of nitrogens with zero attached hydrogens (tertiary/aromatic N) is 2. The first-order valence-electron chi connectivity index (χ1n) is 6.04. The van der Waals surface area contributed by atoms with Crippen LogP contribution in [0.5, 0.6) is 0 Å². The fourth-order valence-corrected chi connectivity index (χ4v) is 2.50. The average Bonchev–Trinajstić information content (AvgIpc) is 2.18. The lowest BCUT2D eigenvalue weighted by atomic mass is 10.0. The van der Waals surface area contributed by atoms with Gasteiger partial charge in [0, 0.05) is 31.7 Å². The topological polar surface area (TPSA) is 32.5 Å². The molecule has 1 fully saturated rings. The van der Waals surface area contributed by atoms with Gasteiger partial charge in [-0.1, -0.05) is 6.92 Å². The fourth-order valence-electron chi connectivity index (χ4n) is 2.50. The number of hydrogen-bond donors (Lipinski definition) is 1. The van der Waals surface area contributed by atoms with Gasteiger partial charge in [-0.3, -0.25) is 4.90 Å². The first kappa shape index (κ1) is 14.7. The van der Waals surface area contributed by atoms with Crippen LogP contribution in [0.4, 0.5) is 13.2 Å². The van der Waals surface area contributed by atoms with Gasteiger partial charge in [0.15, 0.2) is 0 Å². The summed E-state index contributed by atoms with van der Waals surface area (Å²) < 4.78 is 38.8. The van der Waals surface area contributed by atoms with Crippen LogP contribution in [0.3, 0.4) is 0 Å². The second-order valence-electron chi connectivity index (χ2n) is 4.88. The van der Waals surface area contributed by atoms with Crippen molar-refractivity contribution in [1.29, 1.82) is 0 Å². The molecule has 6 heteroatoms. The lowest BCUT2D eigenvalue weighted by molar-refractivity contribution is -0.194. The highest BCUT2D eigenvalue weighted by Gasteiger charge is 2.47. The minimum atomic E-state index is -4.25. The molecule has 3 unspecified atom stereocenters. The summed E-state index contributed by atoms with van der Waals surface area (Å²) in [5.74, 6) is 0. The predicted molar refractivity (Wildman–Crippen MR) is 61.8 cm³/mol. The highest BCUT2D eigenvalue weighted by molar-refractivity contribution is 4.91. The minimum Gasteiger partial charge on any atom is -0.326 e. The molecule has 3 atom stereocenters. The van der Waals surface area contributed by atoms with Crippen molar-refractivity contribution < 1.29 is 13.2 Å². The molecule has 1 rings (SSSR count). The summed E-state index contributed by atoms with van der Waals surface area (Å²) in [6, 6.07) is -2.23. The third-order valence-corrected chi connectivity index (χ3v) is 3.51. The Labute approximate surface area is 101 Å². The molecule has 0 bridgehead atoms. The first-order valence-corrected chi connectivity index (χ1v) is 6.04. The maximum atomic E-state index is 12.9. The Morgan fingerprint density at radius 1 is 1.35 bits per heavy atom. The van der Waals surface area contributed by atoms with Crippen LogP contribution in [0, 0.1) is 0 Å². The molecular formula is C11H22F3N3. The van der Waals surface area contributed by atoms with Crippen molar-refractivity contribution in [2.24, 2.45) is 5.73 Å². The smallest absolute Gasteiger partial charge is 0.326 e. The summed E-state index contributed by atoms with van der Waals surface area (Å²) in [5.41, 5.74) is 5.50. The van der Waals surface area contributed by atoms with Gasteiger partial charge in [0.25, 0.3) is 0 Å². The van der Waals surface area contributed by atoms with Crippen LogP contribution < -0.4 is 5.73 Å². The van der Waals surface area contributed by atoms with Crippen LogP contribution in [0.15, 0.2) is 0 Å². The Hall–Kier alpha value is -0.330. The Bertz CT molecular complexity index is 243. The molecule has 1 aliphatic heterocycles. The minimum absolute atomic E-state index is 0.187. The number of rotatable bonds is 3. The van der Waals surface area contributed by atoms with Crippen molar-refractivity contribution in [3.05, 3.63) is 0 Å². The van der Waals surface area contributed by atoms with E-state index in [1.165, 1.54) is 11.8 Å². The molecule has 0 aromatic heterocycles. The molecular weight excluding hydrogens is 231 g/mol. The Morgan fingerprint density at radius 2 is 1.94 bits per heavy atom. The van der Waals surface area contributed by atoms with Gasteiger partial charge < -0.3 is 10.6 Å². The molecule has 0 aromatic rings. The van der Waals surface area contributed by atoms with Gasteiger partial charge in [0.2, 0.25) is 0 Å². The van der Waals surface area contributed by atoms with Crippen LogP contribution in [-0.4, -0.2) is 60.8 Å². The zero-order valence-corrected chi connectivity index (χ0v) is 10.7. The summed E-state index contributed by atoms with van der Waals surface area (Å²) in [6.45, 7) is 4.96. The highest BCUT2D eigenvalue weighted by atomic mass is 19.4. The Balaban J connectivity index is 2.76. The lowest BCUT2D eigenvalue weighted by Gasteiger charge is -2.44. The number of alkyl halides is 3. The number of piperazine rings is 1. The predicted octanol–water partition coefficient (Wildman–Crippen LogP) is 1.29. The molecule has 1 saturated heterocycles. The normalized spacial score (nSPS) is 28.1. The maximum Gasteiger partial charge on any atom is 0.405 e. The van der Waals surface area contributed by atoms with E-state index in [1.807, 2.05) is 14.0 Å². The number of halogens is 3. The van der Waals surface area contributed by atoms with Gasteiger partial charge in [0.1, 0.15) is 6.04 Å². The molecule has 0 aliphatic carbocycles. The van der Waals surface area contributed by atoms with Crippen molar-refractivity contribution in [3.63, 3.8) is 0 Å². The van der Waals surface area contributed by atoms with E-state index < -0.39 is 18.3 Å². The van der Waals surface area contributed by atoms with Crippen molar-refractivity contribution in [3.8, 4) is 0 Å². The third kappa shape index (κ3) is 3.56. The van der Waals surface area contributed by atoms with Crippen molar-refractivity contribution in [2.45, 2.75) is 44.6 Å². The quantitative estimate of drug-likeness (QED) is 0.822. The van der Waals surface area contributed by atoms with Crippen molar-refractivity contribution >= 4 is 0 Å². The van der Waals surface area contributed by atoms with Crippen molar-refractivity contribution in [2.75, 3.05) is 26.7 Å². The molecule has 0 amide bonds. The standard InChI is InChI=1S/C11H22F3N3/c1-4-9-7-17(6-5-16(9)3)10(8(2)15)11(12,13)14/h8-10H,4-7,15H2,1-3H3. The zero-order chi connectivity index (χ0) is 13.2. The molecule has 3 nitrogen and oxygen atoms in total. The molecule has 0 saturated carbocycles. The van der Waals surface area contributed by atoms with E-state index in [0.717, 1.165) is 6.42 Å². The monoisotopic (exact) mass is 253 g/mol. The molecule has 0 spiro atoms. The van der Waals surface area contributed by atoms with Gasteiger partial charge >= 0.3 is 6.18 Å². The highest BCUT2D eigenvalue weighted by Crippen LogP contribution is 2.28. The SMILES string of the molecule is CCC1CN(C(C(C)N)C(F)(F)F)CCN1C. The van der Waals surface area contributed by atoms with Crippen LogP contribution >= 0.6 is 0 Å². The summed E-state index contributed by atoms with van der Waals surface area (Å²) in [7, 11) is 1.96. The van der Waals surface area contributed by atoms with Gasteiger partial charge in [-0.2, -0.15) is 13.2 Å². The van der Waals surface area contributed by atoms with E-state index in [1.54, 1.807) is 0 Å². The summed E-state index contributed by atoms with van der Waals surface area (Å²) in [4.78, 5) is 3.60. The zero-order valence-electron chi connectivity index (χ0n) is 10.7. The number of hydrogen-bond acceptors (Lipinski definition) is 3. The second kappa shape index (κ2) is 5.54. The van der Waals surface area contributed by atoms with E-state index in [9.17, 15) is 13.2 Å². The van der Waals surface area contributed by atoms with Gasteiger partial charge in [-0.25, -0.2) is 0 Å². The molecule has 1 aliphatic rings. The molecule has 102 valence electrons. The van der Waals surface area contributed by atoms with Crippen molar-refractivity contribution in [1.82, 2.24) is 9.80 Å². The second-order valence-corrected chi connectivity index (χ2v) is 4.88. The van der Waals surface area contributed by atoms with E-state index in [-0.39, 0.29) is 6.04 Å². The molecule has 2 N–H and O–H groups in total. The summed E-state index contributed by atoms with van der Waals surface area (Å²) in [5, 5.41) is 0. The van der Waals surface area contributed by atoms with E-state index in [2.05, 4.69) is 4.90 Å².